The van der Waals surface area contributed by atoms with Crippen LogP contribution in [0.3, 0.4) is 0 Å². The smallest absolute Gasteiger partial charge is 0.264 e. The highest BCUT2D eigenvalue weighted by atomic mass is 32.3. The fraction of sp³-hybridized carbons (Fsp3) is 0. The molecule has 0 saturated heterocycles. The van der Waals surface area contributed by atoms with E-state index >= 15 is 0 Å². The fourth-order valence-electron chi connectivity index (χ4n) is 2.18. The third-order valence-electron chi connectivity index (χ3n) is 3.04. The molecule has 0 amide bonds. The second-order valence-electron chi connectivity index (χ2n) is 5.24. The second kappa shape index (κ2) is 11.7. The zero-order valence-electron chi connectivity index (χ0n) is 14.8. The number of hydrogen-bond acceptors (Lipinski definition) is 4. The van der Waals surface area contributed by atoms with Gasteiger partial charge in [-0.05, 0) is 23.8 Å². The Hall–Kier alpha value is -2.17. The normalized spacial score (nSPS) is 10.9. The van der Waals surface area contributed by atoms with Crippen LogP contribution in [0.5, 0.6) is 0 Å². The van der Waals surface area contributed by atoms with Gasteiger partial charge in [0.1, 0.15) is 0 Å². The molecule has 0 radical (unpaired) electrons. The van der Waals surface area contributed by atoms with Crippen molar-refractivity contribution >= 4 is 44.6 Å². The van der Waals surface area contributed by atoms with Gasteiger partial charge in [0.15, 0.2) is 0 Å². The minimum absolute atomic E-state index is 0.446. The van der Waals surface area contributed by atoms with E-state index in [4.69, 9.17) is 35.0 Å². The van der Waals surface area contributed by atoms with Crippen molar-refractivity contribution in [3.05, 3.63) is 91.0 Å². The van der Waals surface area contributed by atoms with Gasteiger partial charge in [0.05, 0.1) is 0 Å². The summed E-state index contributed by atoms with van der Waals surface area (Å²) in [5.41, 5.74) is 0. The van der Waals surface area contributed by atoms with Crippen LogP contribution in [0.15, 0.2) is 91.0 Å². The molecule has 156 valence electrons. The first-order valence-electron chi connectivity index (χ1n) is 7.80. The molecule has 0 aromatic heterocycles. The molecule has 0 bridgehead atoms. The van der Waals surface area contributed by atoms with Gasteiger partial charge in [0.2, 0.25) is 0 Å². The van der Waals surface area contributed by atoms with E-state index in [9.17, 15) is 0 Å². The van der Waals surface area contributed by atoms with E-state index in [2.05, 4.69) is 91.0 Å². The lowest BCUT2D eigenvalue weighted by molar-refractivity contribution is 0.378. The maximum Gasteiger partial charge on any atom is 0.394 e. The van der Waals surface area contributed by atoms with Gasteiger partial charge >= 0.3 is 20.8 Å². The van der Waals surface area contributed by atoms with Crippen LogP contribution in [0.25, 0.3) is 0 Å². The summed E-state index contributed by atoms with van der Waals surface area (Å²) in [6.07, 6.45) is 0. The van der Waals surface area contributed by atoms with Crippen molar-refractivity contribution < 1.29 is 35.0 Å². The van der Waals surface area contributed by atoms with Crippen molar-refractivity contribution in [2.24, 2.45) is 0 Å². The van der Waals surface area contributed by atoms with Crippen LogP contribution in [-0.4, -0.2) is 35.0 Å². The molecule has 11 heteroatoms. The van der Waals surface area contributed by atoms with Gasteiger partial charge in [-0.2, -0.15) is 16.8 Å². The van der Waals surface area contributed by atoms with Crippen molar-refractivity contribution in [2.75, 3.05) is 0 Å². The molecule has 0 aliphatic carbocycles. The topological polar surface area (TPSA) is 149 Å². The minimum Gasteiger partial charge on any atom is -0.264 e. The van der Waals surface area contributed by atoms with Gasteiger partial charge in [-0.1, -0.05) is 91.0 Å². The van der Waals surface area contributed by atoms with E-state index in [1.165, 1.54) is 15.9 Å². The molecule has 3 aromatic rings. The third kappa shape index (κ3) is 12.8. The quantitative estimate of drug-likeness (QED) is 0.344. The summed E-state index contributed by atoms with van der Waals surface area (Å²) in [7, 11) is -9.78. The highest BCUT2D eigenvalue weighted by Gasteiger charge is 2.14. The predicted octanol–water partition coefficient (Wildman–Crippen LogP) is 2.14. The molecular formula is C18H19O8PS2. The molecule has 4 N–H and O–H groups in total. The van der Waals surface area contributed by atoms with Gasteiger partial charge < -0.3 is 0 Å². The van der Waals surface area contributed by atoms with Gasteiger partial charge in [-0.25, -0.2) is 0 Å². The first kappa shape index (κ1) is 24.9. The third-order valence-corrected chi connectivity index (χ3v) is 5.49. The maximum atomic E-state index is 8.74. The summed E-state index contributed by atoms with van der Waals surface area (Å²) >= 11 is 0. The fourth-order valence-corrected chi connectivity index (χ4v) is 4.48. The van der Waals surface area contributed by atoms with Gasteiger partial charge in [0, 0.05) is 0 Å². The molecule has 0 aliphatic heterocycles. The first-order chi connectivity index (χ1) is 13.4. The van der Waals surface area contributed by atoms with Crippen molar-refractivity contribution in [1.29, 1.82) is 0 Å². The Morgan fingerprint density at radius 3 is 0.793 bits per heavy atom. The van der Waals surface area contributed by atoms with E-state index in [0.29, 0.717) is 0 Å². The molecule has 8 nitrogen and oxygen atoms in total. The second-order valence-corrected chi connectivity index (χ2v) is 9.25. The van der Waals surface area contributed by atoms with E-state index in [0.717, 1.165) is 0 Å². The number of rotatable bonds is 3. The average molecular weight is 458 g/mol. The lowest BCUT2D eigenvalue weighted by Gasteiger charge is -2.18. The Morgan fingerprint density at radius 1 is 0.448 bits per heavy atom. The molecule has 3 aromatic carbocycles. The van der Waals surface area contributed by atoms with E-state index in [1.54, 1.807) is 0 Å². The van der Waals surface area contributed by atoms with E-state index in [-0.39, 0.29) is 0 Å². The lowest BCUT2D eigenvalue weighted by atomic mass is 10.4. The Morgan fingerprint density at radius 2 is 0.621 bits per heavy atom. The Labute approximate surface area is 170 Å². The Balaban J connectivity index is 0.000000353. The van der Waals surface area contributed by atoms with E-state index < -0.39 is 28.7 Å². The Kier molecular flexibility index (Phi) is 10.1. The van der Waals surface area contributed by atoms with Crippen LogP contribution < -0.4 is 15.9 Å². The average Bonchev–Trinajstić information content (AvgIpc) is 2.62. The predicted molar refractivity (Wildman–Crippen MR) is 114 cm³/mol. The largest absolute Gasteiger partial charge is 0.394 e. The molecule has 0 atom stereocenters. The molecule has 0 unspecified atom stereocenters. The van der Waals surface area contributed by atoms with Crippen molar-refractivity contribution in [3.8, 4) is 0 Å². The van der Waals surface area contributed by atoms with Crippen molar-refractivity contribution in [3.63, 3.8) is 0 Å². The molecule has 0 fully saturated rings. The summed E-state index contributed by atoms with van der Waals surface area (Å²) in [6, 6.07) is 32.3. The summed E-state index contributed by atoms with van der Waals surface area (Å²) in [4.78, 5) is 0. The molecule has 3 rings (SSSR count). The zero-order valence-corrected chi connectivity index (χ0v) is 17.4. The van der Waals surface area contributed by atoms with Crippen molar-refractivity contribution in [1.82, 2.24) is 0 Å². The van der Waals surface area contributed by atoms with Crippen LogP contribution in [0.1, 0.15) is 0 Å². The molecule has 0 heterocycles. The maximum absolute atomic E-state index is 8.74. The zero-order chi connectivity index (χ0) is 21.9. The highest BCUT2D eigenvalue weighted by molar-refractivity contribution is 7.80. The minimum atomic E-state index is -4.67. The van der Waals surface area contributed by atoms with Gasteiger partial charge in [-0.15, -0.1) is 0 Å². The molecular weight excluding hydrogens is 439 g/mol. The van der Waals surface area contributed by atoms with Crippen LogP contribution in [0.2, 0.25) is 0 Å². The summed E-state index contributed by atoms with van der Waals surface area (Å²) in [6.45, 7) is 0. The van der Waals surface area contributed by atoms with Crippen LogP contribution in [0, 0.1) is 0 Å². The van der Waals surface area contributed by atoms with Gasteiger partial charge in [0.25, 0.3) is 0 Å². The monoisotopic (exact) mass is 458 g/mol. The molecule has 0 saturated carbocycles. The SMILES string of the molecule is O=S(=O)(O)O.O=S(=O)(O)O.c1ccc(P(c2ccccc2)c2ccccc2)cc1. The molecule has 0 spiro atoms. The summed E-state index contributed by atoms with van der Waals surface area (Å²) in [5, 5.41) is 4.19. The van der Waals surface area contributed by atoms with Crippen LogP contribution >= 0.6 is 7.92 Å². The Bertz CT molecular complexity index is 919. The molecule has 29 heavy (non-hydrogen) atoms. The highest BCUT2D eigenvalue weighted by Crippen LogP contribution is 2.32. The molecule has 0 aliphatic rings. The summed E-state index contributed by atoms with van der Waals surface area (Å²) < 4.78 is 63.2. The van der Waals surface area contributed by atoms with Crippen LogP contribution in [0.4, 0.5) is 0 Å². The van der Waals surface area contributed by atoms with Crippen molar-refractivity contribution in [2.45, 2.75) is 0 Å². The first-order valence-corrected chi connectivity index (χ1v) is 11.9. The van der Waals surface area contributed by atoms with E-state index in [1.807, 2.05) is 0 Å². The standard InChI is InChI=1S/C18H15P.2H2O4S/c1-4-10-16(11-5-1)19(17-12-6-2-7-13-17)18-14-8-3-9-15-18;2*1-5(2,3)4/h1-15H;2*(H2,1,2,3,4). The summed E-state index contributed by atoms with van der Waals surface area (Å²) in [5.74, 6) is 0. The lowest BCUT2D eigenvalue weighted by Crippen LogP contribution is -2.20. The number of hydrogen-bond donors (Lipinski definition) is 4. The van der Waals surface area contributed by atoms with Gasteiger partial charge in [-0.3, -0.25) is 18.2 Å². The van der Waals surface area contributed by atoms with Crippen LogP contribution in [-0.2, 0) is 20.8 Å². The number of benzene rings is 3.